The van der Waals surface area contributed by atoms with Crippen LogP contribution in [0.2, 0.25) is 5.02 Å². The number of benzene rings is 1. The molecule has 2 N–H and O–H groups in total. The van der Waals surface area contributed by atoms with E-state index in [1.54, 1.807) is 0 Å². The Hall–Kier alpha value is -0.575. The second-order valence-electron chi connectivity index (χ2n) is 2.42. The third-order valence-corrected chi connectivity index (χ3v) is 1.78. The molecule has 0 aliphatic heterocycles. The summed E-state index contributed by atoms with van der Waals surface area (Å²) >= 11 is 5.65. The summed E-state index contributed by atoms with van der Waals surface area (Å²) in [5.41, 5.74) is 0.395. The van der Waals surface area contributed by atoms with Crippen LogP contribution >= 0.6 is 11.6 Å². The van der Waals surface area contributed by atoms with Gasteiger partial charge in [-0.15, -0.1) is 0 Å². The van der Waals surface area contributed by atoms with Crippen molar-refractivity contribution in [2.75, 3.05) is 0 Å². The first kappa shape index (κ1) is 9.51. The molecule has 5 heteroatoms. The van der Waals surface area contributed by atoms with E-state index in [4.69, 9.17) is 21.6 Å². The summed E-state index contributed by atoms with van der Waals surface area (Å²) in [5, 5.41) is 17.5. The Kier molecular flexibility index (Phi) is 3.09. The number of halogens is 2. The molecule has 1 aromatic rings. The fourth-order valence-electron chi connectivity index (χ4n) is 0.896. The van der Waals surface area contributed by atoms with E-state index in [0.717, 1.165) is 0 Å². The minimum Gasteiger partial charge on any atom is -0.427 e. The van der Waals surface area contributed by atoms with E-state index in [0.29, 0.717) is 10.6 Å². The first-order chi connectivity index (χ1) is 5.59. The van der Waals surface area contributed by atoms with Gasteiger partial charge in [0.2, 0.25) is 0 Å². The summed E-state index contributed by atoms with van der Waals surface area (Å²) in [4.78, 5) is 0. The number of hydrogen-bond acceptors (Lipinski definition) is 2. The molecule has 0 amide bonds. The highest BCUT2D eigenvalue weighted by molar-refractivity contribution is 6.41. The summed E-state index contributed by atoms with van der Waals surface area (Å²) in [6, 6.07) is 3.78. The Balaban J connectivity index is 2.90. The molecule has 0 saturated heterocycles. The Labute approximate surface area is 74.7 Å². The Morgan fingerprint density at radius 2 is 2.08 bits per heavy atom. The van der Waals surface area contributed by atoms with Crippen LogP contribution in [0.4, 0.5) is 4.39 Å². The SMILES string of the molecule is OB(O)Cc1cc(F)ccc1Cl. The van der Waals surface area contributed by atoms with Gasteiger partial charge in [0, 0.05) is 11.3 Å². The highest BCUT2D eigenvalue weighted by Crippen LogP contribution is 2.17. The van der Waals surface area contributed by atoms with Gasteiger partial charge in [0.05, 0.1) is 0 Å². The van der Waals surface area contributed by atoms with Gasteiger partial charge in [-0.25, -0.2) is 4.39 Å². The fraction of sp³-hybridized carbons (Fsp3) is 0.143. The van der Waals surface area contributed by atoms with Crippen molar-refractivity contribution in [1.29, 1.82) is 0 Å². The summed E-state index contributed by atoms with van der Waals surface area (Å²) in [6.45, 7) is 0. The number of hydrogen-bond donors (Lipinski definition) is 2. The van der Waals surface area contributed by atoms with Crippen molar-refractivity contribution in [3.63, 3.8) is 0 Å². The molecule has 0 atom stereocenters. The van der Waals surface area contributed by atoms with Crippen LogP contribution in [0.5, 0.6) is 0 Å². The van der Waals surface area contributed by atoms with Crippen LogP contribution < -0.4 is 0 Å². The quantitative estimate of drug-likeness (QED) is 0.681. The second-order valence-corrected chi connectivity index (χ2v) is 2.83. The van der Waals surface area contributed by atoms with Gasteiger partial charge in [-0.2, -0.15) is 0 Å². The van der Waals surface area contributed by atoms with Crippen molar-refractivity contribution in [3.8, 4) is 0 Å². The van der Waals surface area contributed by atoms with Crippen LogP contribution in [-0.4, -0.2) is 17.2 Å². The van der Waals surface area contributed by atoms with E-state index < -0.39 is 12.9 Å². The molecule has 0 aromatic heterocycles. The van der Waals surface area contributed by atoms with Crippen molar-refractivity contribution in [3.05, 3.63) is 34.6 Å². The minimum absolute atomic E-state index is 0.0589. The lowest BCUT2D eigenvalue weighted by Gasteiger charge is -2.02. The zero-order valence-electron chi connectivity index (χ0n) is 6.17. The zero-order valence-corrected chi connectivity index (χ0v) is 6.92. The van der Waals surface area contributed by atoms with Crippen LogP contribution in [0, 0.1) is 5.82 Å². The van der Waals surface area contributed by atoms with Gasteiger partial charge in [-0.1, -0.05) is 11.6 Å². The van der Waals surface area contributed by atoms with Crippen LogP contribution in [0.15, 0.2) is 18.2 Å². The molecular formula is C7H7BClFO2. The largest absolute Gasteiger partial charge is 0.456 e. The second kappa shape index (κ2) is 3.89. The van der Waals surface area contributed by atoms with Crippen molar-refractivity contribution in [2.45, 2.75) is 6.32 Å². The molecule has 0 saturated carbocycles. The molecule has 0 aliphatic carbocycles. The third kappa shape index (κ3) is 2.48. The van der Waals surface area contributed by atoms with Gasteiger partial charge in [0.25, 0.3) is 0 Å². The van der Waals surface area contributed by atoms with Crippen molar-refractivity contribution in [1.82, 2.24) is 0 Å². The highest BCUT2D eigenvalue weighted by atomic mass is 35.5. The van der Waals surface area contributed by atoms with Gasteiger partial charge in [-0.05, 0) is 23.8 Å². The van der Waals surface area contributed by atoms with E-state index in [1.807, 2.05) is 0 Å². The van der Waals surface area contributed by atoms with E-state index in [9.17, 15) is 4.39 Å². The standard InChI is InChI=1S/C7H7BClFO2/c9-7-2-1-6(10)3-5(7)4-8(11)12/h1-3,11-12H,4H2. The van der Waals surface area contributed by atoms with Crippen LogP contribution in [0.25, 0.3) is 0 Å². The topological polar surface area (TPSA) is 40.5 Å². The average molecular weight is 188 g/mol. The molecule has 1 rings (SSSR count). The molecule has 0 unspecified atom stereocenters. The molecule has 12 heavy (non-hydrogen) atoms. The van der Waals surface area contributed by atoms with Gasteiger partial charge in [0.1, 0.15) is 5.82 Å². The third-order valence-electron chi connectivity index (χ3n) is 1.41. The normalized spacial score (nSPS) is 10.0. The van der Waals surface area contributed by atoms with Crippen molar-refractivity contribution < 1.29 is 14.4 Å². The van der Waals surface area contributed by atoms with Gasteiger partial charge in [0.15, 0.2) is 0 Å². The molecule has 0 spiro atoms. The van der Waals surface area contributed by atoms with E-state index in [2.05, 4.69) is 0 Å². The summed E-state index contributed by atoms with van der Waals surface area (Å²) in [7, 11) is -1.50. The van der Waals surface area contributed by atoms with Gasteiger partial charge in [-0.3, -0.25) is 0 Å². The highest BCUT2D eigenvalue weighted by Gasteiger charge is 2.11. The lowest BCUT2D eigenvalue weighted by Crippen LogP contribution is -2.15. The molecule has 64 valence electrons. The van der Waals surface area contributed by atoms with Crippen LogP contribution in [0.1, 0.15) is 5.56 Å². The first-order valence-corrected chi connectivity index (χ1v) is 3.77. The van der Waals surface area contributed by atoms with Crippen LogP contribution in [0.3, 0.4) is 0 Å². The lowest BCUT2D eigenvalue weighted by atomic mass is 9.82. The fourth-order valence-corrected chi connectivity index (χ4v) is 1.09. The zero-order chi connectivity index (χ0) is 9.14. The van der Waals surface area contributed by atoms with Gasteiger partial charge >= 0.3 is 7.12 Å². The predicted octanol–water partition coefficient (Wildman–Crippen LogP) is 1.03. The van der Waals surface area contributed by atoms with E-state index >= 15 is 0 Å². The Morgan fingerprint density at radius 1 is 1.42 bits per heavy atom. The van der Waals surface area contributed by atoms with E-state index in [-0.39, 0.29) is 6.32 Å². The van der Waals surface area contributed by atoms with Gasteiger partial charge < -0.3 is 10.0 Å². The Bertz CT molecular complexity index is 280. The minimum atomic E-state index is -1.50. The predicted molar refractivity (Wildman–Crippen MR) is 45.3 cm³/mol. The maximum atomic E-state index is 12.6. The maximum Gasteiger partial charge on any atom is 0.456 e. The molecule has 1 aromatic carbocycles. The monoisotopic (exact) mass is 188 g/mol. The Morgan fingerprint density at radius 3 is 2.67 bits per heavy atom. The van der Waals surface area contributed by atoms with Crippen molar-refractivity contribution >= 4 is 18.7 Å². The lowest BCUT2D eigenvalue weighted by molar-refractivity contribution is 0.405. The molecule has 2 nitrogen and oxygen atoms in total. The van der Waals surface area contributed by atoms with Crippen LogP contribution in [-0.2, 0) is 6.32 Å². The summed E-state index contributed by atoms with van der Waals surface area (Å²) in [6.07, 6.45) is -0.0589. The molecule has 0 radical (unpaired) electrons. The molecule has 0 bridgehead atoms. The summed E-state index contributed by atoms with van der Waals surface area (Å²) in [5.74, 6) is -0.435. The van der Waals surface area contributed by atoms with E-state index in [1.165, 1.54) is 18.2 Å². The van der Waals surface area contributed by atoms with Crippen molar-refractivity contribution in [2.24, 2.45) is 0 Å². The average Bonchev–Trinajstić information content (AvgIpc) is 1.96. The number of rotatable bonds is 2. The molecule has 0 aliphatic rings. The molecule has 0 heterocycles. The molecular weight excluding hydrogens is 181 g/mol. The first-order valence-electron chi connectivity index (χ1n) is 3.39. The molecule has 0 fully saturated rings. The smallest absolute Gasteiger partial charge is 0.427 e. The summed E-state index contributed by atoms with van der Waals surface area (Å²) < 4.78 is 12.6. The maximum absolute atomic E-state index is 12.6.